The van der Waals surface area contributed by atoms with E-state index >= 15 is 0 Å². The molecule has 1 saturated heterocycles. The summed E-state index contributed by atoms with van der Waals surface area (Å²) in [7, 11) is 0. The Morgan fingerprint density at radius 1 is 1.32 bits per heavy atom. The molecule has 0 spiro atoms. The van der Waals surface area contributed by atoms with Crippen LogP contribution in [0, 0.1) is 5.92 Å². The Kier molecular flexibility index (Phi) is 5.33. The summed E-state index contributed by atoms with van der Waals surface area (Å²) in [4.78, 5) is 24.9. The first-order valence-electron chi connectivity index (χ1n) is 6.74. The molecule has 0 aromatic rings. The van der Waals surface area contributed by atoms with Crippen molar-refractivity contribution < 1.29 is 14.7 Å². The predicted molar refractivity (Wildman–Crippen MR) is 74.4 cm³/mol. The third-order valence-electron chi connectivity index (χ3n) is 3.46. The molecule has 2 fully saturated rings. The molecule has 1 heterocycles. The Balaban J connectivity index is 1.62. The minimum absolute atomic E-state index is 0.113. The summed E-state index contributed by atoms with van der Waals surface area (Å²) in [5.41, 5.74) is 0. The summed E-state index contributed by atoms with van der Waals surface area (Å²) in [6, 6.07) is -1.10. The molecule has 1 aliphatic carbocycles. The molecule has 6 nitrogen and oxygen atoms in total. The van der Waals surface area contributed by atoms with E-state index in [0.29, 0.717) is 6.54 Å². The first kappa shape index (κ1) is 14.5. The van der Waals surface area contributed by atoms with E-state index in [1.54, 1.807) is 0 Å². The lowest BCUT2D eigenvalue weighted by Crippen LogP contribution is -2.49. The van der Waals surface area contributed by atoms with Gasteiger partial charge in [-0.1, -0.05) is 0 Å². The minimum Gasteiger partial charge on any atom is -0.480 e. The van der Waals surface area contributed by atoms with Crippen LogP contribution in [0.1, 0.15) is 12.8 Å². The third-order valence-corrected chi connectivity index (χ3v) is 4.41. The van der Waals surface area contributed by atoms with E-state index in [2.05, 4.69) is 15.5 Å². The number of nitrogens with zero attached hydrogens (tertiary/aromatic N) is 1. The number of thioether (sulfide) groups is 1. The summed E-state index contributed by atoms with van der Waals surface area (Å²) < 4.78 is 0. The van der Waals surface area contributed by atoms with Crippen molar-refractivity contribution in [3.8, 4) is 0 Å². The number of hydrogen-bond donors (Lipinski definition) is 3. The number of nitrogens with one attached hydrogen (secondary N) is 2. The standard InChI is InChI=1S/C12H21N3O3S/c16-11(17)10(9-1-2-9)14-12(18)13-3-4-15-5-7-19-8-6-15/h9-10H,1-8H2,(H,16,17)(H2,13,14,18). The fourth-order valence-corrected chi connectivity index (χ4v) is 3.13. The van der Waals surface area contributed by atoms with Crippen LogP contribution >= 0.6 is 11.8 Å². The van der Waals surface area contributed by atoms with E-state index < -0.39 is 12.0 Å². The molecule has 1 unspecified atom stereocenters. The molecule has 0 aromatic carbocycles. The van der Waals surface area contributed by atoms with Crippen molar-refractivity contribution in [2.75, 3.05) is 37.7 Å². The Labute approximate surface area is 117 Å². The van der Waals surface area contributed by atoms with Crippen LogP contribution < -0.4 is 10.6 Å². The van der Waals surface area contributed by atoms with Crippen molar-refractivity contribution in [1.29, 1.82) is 0 Å². The van der Waals surface area contributed by atoms with E-state index in [4.69, 9.17) is 5.11 Å². The highest BCUT2D eigenvalue weighted by atomic mass is 32.2. The van der Waals surface area contributed by atoms with Gasteiger partial charge in [0.2, 0.25) is 0 Å². The maximum absolute atomic E-state index is 11.6. The van der Waals surface area contributed by atoms with Crippen LogP contribution in [-0.2, 0) is 4.79 Å². The molecule has 2 rings (SSSR count). The summed E-state index contributed by atoms with van der Waals surface area (Å²) in [6.45, 7) is 3.52. The van der Waals surface area contributed by atoms with Crippen molar-refractivity contribution in [3.05, 3.63) is 0 Å². The topological polar surface area (TPSA) is 81.7 Å². The Morgan fingerprint density at radius 3 is 2.58 bits per heavy atom. The molecule has 7 heteroatoms. The van der Waals surface area contributed by atoms with Gasteiger partial charge < -0.3 is 15.7 Å². The van der Waals surface area contributed by atoms with Gasteiger partial charge in [-0.2, -0.15) is 11.8 Å². The van der Waals surface area contributed by atoms with Crippen molar-refractivity contribution in [2.45, 2.75) is 18.9 Å². The van der Waals surface area contributed by atoms with E-state index in [1.165, 1.54) is 0 Å². The average Bonchev–Trinajstić information content (AvgIpc) is 3.21. The zero-order valence-electron chi connectivity index (χ0n) is 10.9. The molecule has 0 radical (unpaired) electrons. The largest absolute Gasteiger partial charge is 0.480 e. The summed E-state index contributed by atoms with van der Waals surface area (Å²) >= 11 is 1.95. The highest BCUT2D eigenvalue weighted by Gasteiger charge is 2.37. The quantitative estimate of drug-likeness (QED) is 0.650. The van der Waals surface area contributed by atoms with Gasteiger partial charge in [0.1, 0.15) is 6.04 Å². The summed E-state index contributed by atoms with van der Waals surface area (Å²) in [5, 5.41) is 14.3. The molecule has 19 heavy (non-hydrogen) atoms. The Hall–Kier alpha value is -0.950. The molecule has 2 amide bonds. The van der Waals surface area contributed by atoms with Gasteiger partial charge in [0.05, 0.1) is 0 Å². The van der Waals surface area contributed by atoms with Gasteiger partial charge in [0, 0.05) is 37.7 Å². The number of hydrogen-bond acceptors (Lipinski definition) is 4. The van der Waals surface area contributed by atoms with E-state index in [0.717, 1.165) is 44.0 Å². The smallest absolute Gasteiger partial charge is 0.326 e. The second-order valence-corrected chi connectivity index (χ2v) is 6.23. The van der Waals surface area contributed by atoms with Gasteiger partial charge >= 0.3 is 12.0 Å². The second-order valence-electron chi connectivity index (χ2n) is 5.01. The lowest BCUT2D eigenvalue weighted by atomic mass is 10.2. The maximum Gasteiger partial charge on any atom is 0.326 e. The minimum atomic E-state index is -0.939. The van der Waals surface area contributed by atoms with E-state index in [9.17, 15) is 9.59 Å². The highest BCUT2D eigenvalue weighted by Crippen LogP contribution is 2.32. The number of carbonyl (C=O) groups is 2. The van der Waals surface area contributed by atoms with Crippen LogP contribution in [0.3, 0.4) is 0 Å². The van der Waals surface area contributed by atoms with Gasteiger partial charge in [0.15, 0.2) is 0 Å². The molecule has 3 N–H and O–H groups in total. The Morgan fingerprint density at radius 2 is 2.00 bits per heavy atom. The van der Waals surface area contributed by atoms with Crippen LogP contribution in [0.5, 0.6) is 0 Å². The lowest BCUT2D eigenvalue weighted by Gasteiger charge is -2.26. The first-order valence-corrected chi connectivity index (χ1v) is 7.89. The number of urea groups is 1. The molecule has 1 saturated carbocycles. The normalized spacial score (nSPS) is 21.7. The van der Waals surface area contributed by atoms with Gasteiger partial charge in [-0.05, 0) is 18.8 Å². The maximum atomic E-state index is 11.6. The van der Waals surface area contributed by atoms with Crippen LogP contribution in [0.4, 0.5) is 4.79 Å². The monoisotopic (exact) mass is 287 g/mol. The molecule has 1 atom stereocenters. The molecule has 1 aliphatic heterocycles. The van der Waals surface area contributed by atoms with Crippen molar-refractivity contribution >= 4 is 23.8 Å². The lowest BCUT2D eigenvalue weighted by molar-refractivity contribution is -0.139. The van der Waals surface area contributed by atoms with E-state index in [1.807, 2.05) is 11.8 Å². The molecular formula is C12H21N3O3S. The molecule has 108 valence electrons. The molecular weight excluding hydrogens is 266 g/mol. The van der Waals surface area contributed by atoms with Crippen LogP contribution in [0.15, 0.2) is 0 Å². The molecule has 0 aromatic heterocycles. The Bertz CT molecular complexity index is 330. The van der Waals surface area contributed by atoms with Gasteiger partial charge in [0.25, 0.3) is 0 Å². The number of carboxylic acids is 1. The fourth-order valence-electron chi connectivity index (χ4n) is 2.16. The van der Waals surface area contributed by atoms with Crippen molar-refractivity contribution in [3.63, 3.8) is 0 Å². The van der Waals surface area contributed by atoms with Crippen molar-refractivity contribution in [2.24, 2.45) is 5.92 Å². The van der Waals surface area contributed by atoms with Crippen LogP contribution in [0.25, 0.3) is 0 Å². The first-order chi connectivity index (χ1) is 9.16. The summed E-state index contributed by atoms with van der Waals surface area (Å²) in [5.74, 6) is 1.47. The van der Waals surface area contributed by atoms with Crippen molar-refractivity contribution in [1.82, 2.24) is 15.5 Å². The molecule has 0 bridgehead atoms. The fraction of sp³-hybridized carbons (Fsp3) is 0.833. The predicted octanol–water partition coefficient (Wildman–Crippen LogP) is 0.198. The zero-order chi connectivity index (χ0) is 13.7. The number of amides is 2. The SMILES string of the molecule is O=C(NCCN1CCSCC1)NC(C(=O)O)C1CC1. The van der Waals surface area contributed by atoms with Gasteiger partial charge in [-0.25, -0.2) is 9.59 Å². The zero-order valence-corrected chi connectivity index (χ0v) is 11.7. The highest BCUT2D eigenvalue weighted by molar-refractivity contribution is 7.99. The number of carboxylic acid groups (broad SMARTS) is 1. The third kappa shape index (κ3) is 4.91. The molecule has 2 aliphatic rings. The number of carbonyl (C=O) groups excluding carboxylic acids is 1. The average molecular weight is 287 g/mol. The van der Waals surface area contributed by atoms with Crippen LogP contribution in [-0.4, -0.2) is 65.7 Å². The van der Waals surface area contributed by atoms with Gasteiger partial charge in [-0.15, -0.1) is 0 Å². The van der Waals surface area contributed by atoms with Gasteiger partial charge in [-0.3, -0.25) is 4.90 Å². The number of aliphatic carboxylic acids is 1. The van der Waals surface area contributed by atoms with E-state index in [-0.39, 0.29) is 11.9 Å². The number of rotatable bonds is 6. The second kappa shape index (κ2) is 7.00. The summed E-state index contributed by atoms with van der Waals surface area (Å²) in [6.07, 6.45) is 1.78. The van der Waals surface area contributed by atoms with Crippen LogP contribution in [0.2, 0.25) is 0 Å².